The Bertz CT molecular complexity index is 383. The lowest BCUT2D eigenvalue weighted by atomic mass is 10.2. The van der Waals surface area contributed by atoms with E-state index in [0.717, 1.165) is 24.7 Å². The number of hydrogen-bond donors (Lipinski definition) is 1. The molecule has 1 aliphatic heterocycles. The lowest BCUT2D eigenvalue weighted by Gasteiger charge is -2.33. The van der Waals surface area contributed by atoms with Crippen molar-refractivity contribution in [2.75, 3.05) is 25.9 Å². The Balaban J connectivity index is 0.00000144. The summed E-state index contributed by atoms with van der Waals surface area (Å²) in [5.74, 6) is 0.437. The quantitative estimate of drug-likeness (QED) is 0.838. The van der Waals surface area contributed by atoms with Gasteiger partial charge in [0.15, 0.2) is 10.9 Å². The van der Waals surface area contributed by atoms with Crippen LogP contribution in [0.5, 0.6) is 0 Å². The molecule has 1 atom stereocenters. The molecule has 6 heteroatoms. The van der Waals surface area contributed by atoms with E-state index in [2.05, 4.69) is 5.32 Å². The first-order valence-electron chi connectivity index (χ1n) is 5.38. The molecule has 1 aliphatic rings. The van der Waals surface area contributed by atoms with Crippen molar-refractivity contribution in [3.8, 4) is 0 Å². The molecule has 0 unspecified atom stereocenters. The Morgan fingerprint density at radius 1 is 1.59 bits per heavy atom. The number of furan rings is 1. The highest BCUT2D eigenvalue weighted by molar-refractivity contribution is 7.98. The molecule has 2 rings (SSSR count). The second kappa shape index (κ2) is 6.33. The van der Waals surface area contributed by atoms with Gasteiger partial charge < -0.3 is 14.6 Å². The van der Waals surface area contributed by atoms with E-state index in [0.29, 0.717) is 5.76 Å². The Morgan fingerprint density at radius 3 is 2.94 bits per heavy atom. The molecular formula is C11H17ClN2O2S. The zero-order valence-electron chi connectivity index (χ0n) is 9.93. The monoisotopic (exact) mass is 276 g/mol. The molecule has 1 fully saturated rings. The van der Waals surface area contributed by atoms with E-state index in [1.54, 1.807) is 6.07 Å². The molecule has 0 saturated carbocycles. The van der Waals surface area contributed by atoms with Crippen LogP contribution in [0.3, 0.4) is 0 Å². The minimum absolute atomic E-state index is 0. The topological polar surface area (TPSA) is 45.5 Å². The maximum Gasteiger partial charge on any atom is 0.289 e. The lowest BCUT2D eigenvalue weighted by molar-refractivity contribution is 0.0618. The Morgan fingerprint density at radius 2 is 2.35 bits per heavy atom. The number of carbonyl (C=O) groups excluding carboxylic acids is 1. The molecule has 1 aromatic heterocycles. The fourth-order valence-corrected chi connectivity index (χ4v) is 2.21. The van der Waals surface area contributed by atoms with Gasteiger partial charge in [0.25, 0.3) is 5.91 Å². The summed E-state index contributed by atoms with van der Waals surface area (Å²) in [5, 5.41) is 4.04. The minimum Gasteiger partial charge on any atom is -0.445 e. The van der Waals surface area contributed by atoms with Gasteiger partial charge in [-0.05, 0) is 25.3 Å². The molecule has 17 heavy (non-hydrogen) atoms. The predicted molar refractivity (Wildman–Crippen MR) is 71.1 cm³/mol. The molecule has 0 spiro atoms. The van der Waals surface area contributed by atoms with Crippen LogP contribution >= 0.6 is 24.2 Å². The van der Waals surface area contributed by atoms with Crippen LogP contribution in [0.1, 0.15) is 17.5 Å². The van der Waals surface area contributed by atoms with Crippen LogP contribution in [0, 0.1) is 0 Å². The number of thioether (sulfide) groups is 1. The summed E-state index contributed by atoms with van der Waals surface area (Å²) in [4.78, 5) is 14.0. The third-order valence-electron chi connectivity index (χ3n) is 2.76. The molecule has 0 aromatic carbocycles. The fourth-order valence-electron chi connectivity index (χ4n) is 1.83. The predicted octanol–water partition coefficient (Wildman–Crippen LogP) is 1.86. The van der Waals surface area contributed by atoms with E-state index < -0.39 is 0 Å². The number of nitrogens with zero attached hydrogens (tertiary/aromatic N) is 1. The van der Waals surface area contributed by atoms with Crippen LogP contribution in [-0.4, -0.2) is 42.7 Å². The third kappa shape index (κ3) is 3.18. The average Bonchev–Trinajstić information content (AvgIpc) is 2.77. The molecule has 2 heterocycles. The van der Waals surface area contributed by atoms with Crippen LogP contribution in [0.4, 0.5) is 0 Å². The van der Waals surface area contributed by atoms with Crippen LogP contribution in [-0.2, 0) is 0 Å². The summed E-state index contributed by atoms with van der Waals surface area (Å²) in [6, 6.07) is 3.82. The molecular weight excluding hydrogens is 260 g/mol. The van der Waals surface area contributed by atoms with Gasteiger partial charge in [0.2, 0.25) is 0 Å². The van der Waals surface area contributed by atoms with E-state index >= 15 is 0 Å². The van der Waals surface area contributed by atoms with E-state index in [-0.39, 0.29) is 24.4 Å². The summed E-state index contributed by atoms with van der Waals surface area (Å²) in [5.41, 5.74) is 0. The minimum atomic E-state index is -0.00528. The van der Waals surface area contributed by atoms with Gasteiger partial charge in [-0.25, -0.2) is 0 Å². The highest BCUT2D eigenvalue weighted by Gasteiger charge is 2.25. The zero-order chi connectivity index (χ0) is 11.5. The van der Waals surface area contributed by atoms with Crippen LogP contribution in [0.2, 0.25) is 0 Å². The number of halogens is 1. The smallest absolute Gasteiger partial charge is 0.289 e. The first-order valence-corrected chi connectivity index (χ1v) is 6.60. The standard InChI is InChI=1S/C11H16N2O2S.ClH/c1-8-7-12-5-6-13(8)11(14)9-3-4-10(15-9)16-2;/h3-4,8,12H,5-7H2,1-2H3;1H/t8-;/m1./s1. The number of hydrogen-bond acceptors (Lipinski definition) is 4. The van der Waals surface area contributed by atoms with Crippen molar-refractivity contribution in [3.63, 3.8) is 0 Å². The van der Waals surface area contributed by atoms with Gasteiger partial charge in [-0.2, -0.15) is 0 Å². The van der Waals surface area contributed by atoms with Crippen LogP contribution in [0.25, 0.3) is 0 Å². The Kier molecular flexibility index (Phi) is 5.36. The van der Waals surface area contributed by atoms with Gasteiger partial charge in [0.05, 0.1) is 0 Å². The van der Waals surface area contributed by atoms with Gasteiger partial charge in [0.1, 0.15) is 0 Å². The molecule has 1 saturated heterocycles. The fraction of sp³-hybridized carbons (Fsp3) is 0.545. The van der Waals surface area contributed by atoms with Crippen LogP contribution in [0.15, 0.2) is 21.6 Å². The van der Waals surface area contributed by atoms with E-state index in [9.17, 15) is 4.79 Å². The molecule has 1 N–H and O–H groups in total. The van der Waals surface area contributed by atoms with Crippen molar-refractivity contribution in [2.45, 2.75) is 18.1 Å². The highest BCUT2D eigenvalue weighted by atomic mass is 35.5. The summed E-state index contributed by atoms with van der Waals surface area (Å²) < 4.78 is 5.45. The maximum absolute atomic E-state index is 12.1. The number of piperazine rings is 1. The SMILES string of the molecule is CSc1ccc(C(=O)N2CCNC[C@H]2C)o1.Cl. The second-order valence-electron chi connectivity index (χ2n) is 3.87. The molecule has 1 amide bonds. The van der Waals surface area contributed by atoms with Crippen molar-refractivity contribution < 1.29 is 9.21 Å². The van der Waals surface area contributed by atoms with E-state index in [1.165, 1.54) is 11.8 Å². The highest BCUT2D eigenvalue weighted by Crippen LogP contribution is 2.20. The molecule has 0 radical (unpaired) electrons. The normalized spacial score (nSPS) is 19.9. The van der Waals surface area contributed by atoms with Gasteiger partial charge in [-0.15, -0.1) is 12.4 Å². The van der Waals surface area contributed by atoms with Crippen molar-refractivity contribution in [3.05, 3.63) is 17.9 Å². The van der Waals surface area contributed by atoms with Gasteiger partial charge in [0, 0.05) is 25.7 Å². The third-order valence-corrected chi connectivity index (χ3v) is 3.38. The molecule has 1 aromatic rings. The van der Waals surface area contributed by atoms with Crippen molar-refractivity contribution in [2.24, 2.45) is 0 Å². The number of nitrogens with one attached hydrogen (secondary N) is 1. The number of carbonyl (C=O) groups is 1. The molecule has 0 aliphatic carbocycles. The molecule has 96 valence electrons. The molecule has 4 nitrogen and oxygen atoms in total. The summed E-state index contributed by atoms with van der Waals surface area (Å²) >= 11 is 1.50. The number of amides is 1. The summed E-state index contributed by atoms with van der Waals surface area (Å²) in [7, 11) is 0. The van der Waals surface area contributed by atoms with Crippen molar-refractivity contribution >= 4 is 30.1 Å². The van der Waals surface area contributed by atoms with E-state index in [4.69, 9.17) is 4.42 Å². The van der Waals surface area contributed by atoms with Gasteiger partial charge >= 0.3 is 0 Å². The van der Waals surface area contributed by atoms with Gasteiger partial charge in [-0.1, -0.05) is 11.8 Å². The number of rotatable bonds is 2. The first-order chi connectivity index (χ1) is 7.72. The lowest BCUT2D eigenvalue weighted by Crippen LogP contribution is -2.52. The van der Waals surface area contributed by atoms with Crippen molar-refractivity contribution in [1.29, 1.82) is 0 Å². The summed E-state index contributed by atoms with van der Waals surface area (Å²) in [6.45, 7) is 4.49. The first kappa shape index (κ1) is 14.4. The van der Waals surface area contributed by atoms with Gasteiger partial charge in [-0.3, -0.25) is 4.79 Å². The van der Waals surface area contributed by atoms with Crippen molar-refractivity contribution in [1.82, 2.24) is 10.2 Å². The Hall–Kier alpha value is -0.650. The Labute approximate surface area is 112 Å². The van der Waals surface area contributed by atoms with Crippen LogP contribution < -0.4 is 5.32 Å². The largest absolute Gasteiger partial charge is 0.445 e. The maximum atomic E-state index is 12.1. The second-order valence-corrected chi connectivity index (χ2v) is 4.69. The van der Waals surface area contributed by atoms with E-state index in [1.807, 2.05) is 24.1 Å². The summed E-state index contributed by atoms with van der Waals surface area (Å²) in [6.07, 6.45) is 1.93. The average molecular weight is 277 g/mol. The molecule has 0 bridgehead atoms. The zero-order valence-corrected chi connectivity index (χ0v) is 11.6.